The zero-order valence-corrected chi connectivity index (χ0v) is 23.8. The summed E-state index contributed by atoms with van der Waals surface area (Å²) in [7, 11) is -4.65. The lowest BCUT2D eigenvalue weighted by molar-refractivity contribution is 0.203. The van der Waals surface area contributed by atoms with Gasteiger partial charge in [0.05, 0.1) is 0 Å². The fourth-order valence-electron chi connectivity index (χ4n) is 4.67. The molecule has 1 atom stereocenters. The summed E-state index contributed by atoms with van der Waals surface area (Å²) in [6, 6.07) is 0. The number of halogens is 1. The van der Waals surface area contributed by atoms with Crippen LogP contribution in [0.5, 0.6) is 0 Å². The van der Waals surface area contributed by atoms with Crippen LogP contribution in [0.3, 0.4) is 0 Å². The van der Waals surface area contributed by atoms with Crippen LogP contribution < -0.4 is 6.15 Å². The van der Waals surface area contributed by atoms with Gasteiger partial charge in [0.1, 0.15) is 0 Å². The third-order valence-electron chi connectivity index (χ3n) is 7.02. The van der Waals surface area contributed by atoms with E-state index in [0.29, 0.717) is 12.8 Å². The highest BCUT2D eigenvalue weighted by Crippen LogP contribution is 2.32. The van der Waals surface area contributed by atoms with Crippen LogP contribution in [0.1, 0.15) is 174 Å². The summed E-state index contributed by atoms with van der Waals surface area (Å²) in [5.41, 5.74) is 0. The molecule has 4 nitrogen and oxygen atoms in total. The maximum absolute atomic E-state index is 15.0. The fraction of sp³-hybridized carbons (Fsp3) is 1.00. The highest BCUT2D eigenvalue weighted by atomic mass is 32.2. The molecule has 34 heavy (non-hydrogen) atoms. The number of hydrogen-bond acceptors (Lipinski definition) is 3. The van der Waals surface area contributed by atoms with Crippen molar-refractivity contribution in [1.29, 1.82) is 0 Å². The highest BCUT2D eigenvalue weighted by Gasteiger charge is 2.42. The largest absolute Gasteiger partial charge is 0.344 e. The fourth-order valence-corrected chi connectivity index (χ4v) is 5.47. The molecule has 0 saturated carbocycles. The van der Waals surface area contributed by atoms with Crippen molar-refractivity contribution < 1.29 is 17.4 Å². The molecule has 0 rings (SSSR count). The Morgan fingerprint density at radius 3 is 0.912 bits per heavy atom. The number of alkyl halides is 1. The van der Waals surface area contributed by atoms with E-state index in [2.05, 4.69) is 13.8 Å². The van der Waals surface area contributed by atoms with Gasteiger partial charge in [0.15, 0.2) is 0 Å². The van der Waals surface area contributed by atoms with Crippen molar-refractivity contribution in [3.8, 4) is 0 Å². The highest BCUT2D eigenvalue weighted by molar-refractivity contribution is 7.87. The van der Waals surface area contributed by atoms with Crippen molar-refractivity contribution >= 4 is 10.1 Å². The van der Waals surface area contributed by atoms with Gasteiger partial charge in [0.25, 0.3) is 10.1 Å². The summed E-state index contributed by atoms with van der Waals surface area (Å²) >= 11 is 0. The second kappa shape index (κ2) is 24.5. The van der Waals surface area contributed by atoms with E-state index in [4.69, 9.17) is 0 Å². The minimum Gasteiger partial charge on any atom is -0.344 e. The monoisotopic (exact) mass is 509 g/mol. The minimum absolute atomic E-state index is 0. The van der Waals surface area contributed by atoms with Gasteiger partial charge in [-0.2, -0.15) is 8.42 Å². The van der Waals surface area contributed by atoms with Crippen molar-refractivity contribution in [3.05, 3.63) is 0 Å². The van der Waals surface area contributed by atoms with Crippen molar-refractivity contribution in [2.75, 3.05) is 0 Å². The molecule has 208 valence electrons. The first-order valence-electron chi connectivity index (χ1n) is 14.5. The molecule has 0 aliphatic heterocycles. The normalized spacial score (nSPS) is 13.5. The lowest BCUT2D eigenvalue weighted by Crippen LogP contribution is -2.33. The Labute approximate surface area is 213 Å². The zero-order valence-electron chi connectivity index (χ0n) is 22.9. The number of hydrogen-bond donors (Lipinski definition) is 2. The molecule has 0 radical (unpaired) electrons. The van der Waals surface area contributed by atoms with Gasteiger partial charge in [0.2, 0.25) is 5.00 Å². The van der Waals surface area contributed by atoms with Crippen LogP contribution in [-0.4, -0.2) is 18.0 Å². The van der Waals surface area contributed by atoms with Crippen LogP contribution in [0.25, 0.3) is 0 Å². The second-order valence-electron chi connectivity index (χ2n) is 10.3. The Balaban J connectivity index is 0. The number of rotatable bonds is 26. The van der Waals surface area contributed by atoms with Gasteiger partial charge in [-0.25, -0.2) is 4.39 Å². The molecule has 0 aliphatic carbocycles. The van der Waals surface area contributed by atoms with Crippen LogP contribution in [0, 0.1) is 0 Å². The molecule has 6 heteroatoms. The van der Waals surface area contributed by atoms with Crippen molar-refractivity contribution in [1.82, 2.24) is 6.15 Å². The smallest absolute Gasteiger partial charge is 0.300 e. The van der Waals surface area contributed by atoms with E-state index >= 15 is 0 Å². The third kappa shape index (κ3) is 21.1. The lowest BCUT2D eigenvalue weighted by Gasteiger charge is -2.22. The summed E-state index contributed by atoms with van der Waals surface area (Å²) in [5, 5.41) is -2.45. The van der Waals surface area contributed by atoms with Crippen LogP contribution in [0.15, 0.2) is 0 Å². The lowest BCUT2D eigenvalue weighted by atomic mass is 10.0. The van der Waals surface area contributed by atoms with Crippen molar-refractivity contribution in [2.24, 2.45) is 0 Å². The van der Waals surface area contributed by atoms with Gasteiger partial charge >= 0.3 is 0 Å². The van der Waals surface area contributed by atoms with E-state index in [-0.39, 0.29) is 19.0 Å². The van der Waals surface area contributed by atoms with Gasteiger partial charge in [-0.1, -0.05) is 149 Å². The van der Waals surface area contributed by atoms with Crippen molar-refractivity contribution in [3.63, 3.8) is 0 Å². The predicted molar refractivity (Wildman–Crippen MR) is 147 cm³/mol. The molecule has 0 fully saturated rings. The first kappa shape index (κ1) is 36.0. The average molecular weight is 510 g/mol. The Morgan fingerprint density at radius 1 is 0.500 bits per heavy atom. The summed E-state index contributed by atoms with van der Waals surface area (Å²) in [6.07, 6.45) is 26.7. The zero-order chi connectivity index (χ0) is 24.7. The van der Waals surface area contributed by atoms with Crippen LogP contribution >= 0.6 is 0 Å². The molecular formula is C28H60FNO3S. The average Bonchev–Trinajstić information content (AvgIpc) is 2.77. The van der Waals surface area contributed by atoms with Crippen LogP contribution in [0.2, 0.25) is 0 Å². The van der Waals surface area contributed by atoms with Gasteiger partial charge in [-0.05, 0) is 25.7 Å². The topological polar surface area (TPSA) is 89.4 Å². The van der Waals surface area contributed by atoms with E-state index in [1.165, 1.54) is 96.3 Å². The number of unbranched alkanes of at least 4 members (excludes halogenated alkanes) is 21. The molecule has 0 heterocycles. The Morgan fingerprint density at radius 2 is 0.706 bits per heavy atom. The molecule has 0 aromatic rings. The first-order valence-corrected chi connectivity index (χ1v) is 16.0. The molecule has 4 N–H and O–H groups in total. The van der Waals surface area contributed by atoms with Crippen molar-refractivity contribution in [2.45, 2.75) is 179 Å². The summed E-state index contributed by atoms with van der Waals surface area (Å²) in [5.74, 6) is 0. The molecule has 0 aromatic carbocycles. The maximum Gasteiger partial charge on any atom is 0.300 e. The maximum atomic E-state index is 15.0. The van der Waals surface area contributed by atoms with Crippen LogP contribution in [-0.2, 0) is 10.1 Å². The quantitative estimate of drug-likeness (QED) is 0.0896. The third-order valence-corrected chi connectivity index (χ3v) is 8.35. The van der Waals surface area contributed by atoms with E-state index in [0.717, 1.165) is 38.5 Å². The Bertz CT molecular complexity index is 516. The molecule has 0 bridgehead atoms. The summed E-state index contributed by atoms with van der Waals surface area (Å²) in [6.45, 7) is 4.43. The van der Waals surface area contributed by atoms with E-state index < -0.39 is 15.1 Å². The van der Waals surface area contributed by atoms with E-state index in [9.17, 15) is 17.4 Å². The van der Waals surface area contributed by atoms with Gasteiger partial charge in [-0.15, -0.1) is 0 Å². The Kier molecular flexibility index (Phi) is 25.9. The first-order chi connectivity index (χ1) is 15.9. The molecule has 0 amide bonds. The molecular weight excluding hydrogens is 449 g/mol. The second-order valence-corrected chi connectivity index (χ2v) is 12.0. The summed E-state index contributed by atoms with van der Waals surface area (Å²) in [4.78, 5) is 0. The molecule has 0 aromatic heterocycles. The predicted octanol–water partition coefficient (Wildman–Crippen LogP) is 10.5. The molecule has 0 spiro atoms. The SMILES string of the molecule is CCCCCCCCCCCCCCCCCCC(F)(CCCCCCCCC)S(=O)(=O)O.N. The van der Waals surface area contributed by atoms with E-state index in [1.54, 1.807) is 0 Å². The molecule has 1 unspecified atom stereocenters. The molecule has 0 saturated heterocycles. The van der Waals surface area contributed by atoms with Gasteiger partial charge in [-0.3, -0.25) is 4.55 Å². The minimum atomic E-state index is -4.65. The standard InChI is InChI=1S/C28H57FO3S.H3N/c1-3-5-7-9-11-12-13-14-15-16-17-18-19-21-23-25-27-28(29,33(30,31)32)26-24-22-20-10-8-6-4-2;/h3-27H2,1-2H3,(H,30,31,32);1H3. The van der Waals surface area contributed by atoms with E-state index in [1.807, 2.05) is 0 Å². The van der Waals surface area contributed by atoms with Gasteiger partial charge < -0.3 is 6.15 Å². The Hall–Kier alpha value is -0.200. The molecule has 0 aliphatic rings. The van der Waals surface area contributed by atoms with Crippen LogP contribution in [0.4, 0.5) is 4.39 Å². The van der Waals surface area contributed by atoms with Gasteiger partial charge in [0, 0.05) is 0 Å². The summed E-state index contributed by atoms with van der Waals surface area (Å²) < 4.78 is 47.7.